The molecule has 0 amide bonds. The Labute approximate surface area is 60.7 Å². The van der Waals surface area contributed by atoms with E-state index in [4.69, 9.17) is 11.6 Å². The number of rotatable bonds is 3. The van der Waals surface area contributed by atoms with E-state index >= 15 is 0 Å². The average molecular weight is 144 g/mol. The van der Waals surface area contributed by atoms with Crippen LogP contribution in [0.5, 0.6) is 0 Å². The van der Waals surface area contributed by atoms with E-state index in [0.29, 0.717) is 5.16 Å². The fraction of sp³-hybridized carbons (Fsp3) is 0.286. The second-order valence-electron chi connectivity index (χ2n) is 1.65. The monoisotopic (exact) mass is 143 g/mol. The Kier molecular flexibility index (Phi) is 4.06. The summed E-state index contributed by atoms with van der Waals surface area (Å²) >= 11 is 5.35. The van der Waals surface area contributed by atoms with Crippen molar-refractivity contribution in [1.29, 1.82) is 0 Å². The molecule has 0 aromatic carbocycles. The Bertz CT molecular complexity index is 147. The predicted octanol–water partition coefficient (Wildman–Crippen LogP) is 2.73. The molecule has 0 heterocycles. The number of allylic oxidation sites excluding steroid dienone is 1. The van der Waals surface area contributed by atoms with E-state index in [-0.39, 0.29) is 0 Å². The van der Waals surface area contributed by atoms with Gasteiger partial charge >= 0.3 is 0 Å². The Morgan fingerprint density at radius 2 is 2.22 bits per heavy atom. The summed E-state index contributed by atoms with van der Waals surface area (Å²) in [6.45, 7) is 9.09. The molecule has 9 heavy (non-hydrogen) atoms. The van der Waals surface area contributed by atoms with Crippen molar-refractivity contribution in [3.05, 3.63) is 23.9 Å². The van der Waals surface area contributed by atoms with Gasteiger partial charge in [0.25, 0.3) is 0 Å². The van der Waals surface area contributed by atoms with E-state index in [1.165, 1.54) is 0 Å². The Morgan fingerprint density at radius 1 is 1.67 bits per heavy atom. The highest BCUT2D eigenvalue weighted by Crippen LogP contribution is 1.99. The van der Waals surface area contributed by atoms with Crippen molar-refractivity contribution >= 4 is 17.8 Å². The van der Waals surface area contributed by atoms with Crippen LogP contribution in [0, 0.1) is 0 Å². The van der Waals surface area contributed by atoms with E-state index in [1.807, 2.05) is 6.92 Å². The van der Waals surface area contributed by atoms with Crippen molar-refractivity contribution in [2.75, 3.05) is 0 Å². The van der Waals surface area contributed by atoms with Crippen LogP contribution >= 0.6 is 11.6 Å². The highest BCUT2D eigenvalue weighted by atomic mass is 35.5. The van der Waals surface area contributed by atoms with Crippen LogP contribution < -0.4 is 0 Å². The first kappa shape index (κ1) is 8.44. The lowest BCUT2D eigenvalue weighted by molar-refractivity contribution is 1.19. The predicted molar refractivity (Wildman–Crippen MR) is 42.9 cm³/mol. The maximum absolute atomic E-state index is 5.35. The first-order chi connectivity index (χ1) is 4.16. The first-order valence-corrected chi connectivity index (χ1v) is 3.11. The molecule has 0 aliphatic heterocycles. The molecular formula is C7H10ClN. The van der Waals surface area contributed by atoms with Gasteiger partial charge in [0.05, 0.1) is 0 Å². The van der Waals surface area contributed by atoms with Crippen LogP contribution in [0.3, 0.4) is 0 Å². The minimum atomic E-state index is 0.296. The summed E-state index contributed by atoms with van der Waals surface area (Å²) in [5.74, 6) is 0. The maximum atomic E-state index is 5.35. The summed E-state index contributed by atoms with van der Waals surface area (Å²) in [5.41, 5.74) is 0.955. The van der Waals surface area contributed by atoms with Crippen LogP contribution in [-0.2, 0) is 0 Å². The zero-order valence-electron chi connectivity index (χ0n) is 5.52. The van der Waals surface area contributed by atoms with E-state index in [2.05, 4.69) is 18.2 Å². The van der Waals surface area contributed by atoms with Crippen LogP contribution in [0.25, 0.3) is 0 Å². The highest BCUT2D eigenvalue weighted by molar-refractivity contribution is 6.29. The van der Waals surface area contributed by atoms with Gasteiger partial charge in [0.2, 0.25) is 0 Å². The third kappa shape index (κ3) is 5.31. The molecule has 0 aliphatic rings. The lowest BCUT2D eigenvalue weighted by Gasteiger charge is -1.88. The van der Waals surface area contributed by atoms with Crippen LogP contribution in [0.1, 0.15) is 13.3 Å². The maximum Gasteiger partial charge on any atom is 0.121 e. The summed E-state index contributed by atoms with van der Waals surface area (Å²) in [5, 5.41) is 0.296. The van der Waals surface area contributed by atoms with Crippen molar-refractivity contribution in [1.82, 2.24) is 0 Å². The molecule has 2 heteroatoms. The average Bonchev–Trinajstić information content (AvgIpc) is 1.83. The lowest BCUT2D eigenvalue weighted by atomic mass is 10.3. The number of nitrogens with zero attached hydrogens (tertiary/aromatic N) is 1. The number of hydrogen-bond acceptors (Lipinski definition) is 1. The molecule has 0 saturated carbocycles. The molecule has 1 nitrogen and oxygen atoms in total. The van der Waals surface area contributed by atoms with Crippen molar-refractivity contribution < 1.29 is 0 Å². The minimum Gasteiger partial charge on any atom is -0.245 e. The molecule has 50 valence electrons. The lowest BCUT2D eigenvalue weighted by Crippen LogP contribution is -1.77. The molecule has 0 spiro atoms. The van der Waals surface area contributed by atoms with E-state index < -0.39 is 0 Å². The van der Waals surface area contributed by atoms with Crippen LogP contribution in [0.15, 0.2) is 28.9 Å². The van der Waals surface area contributed by atoms with Gasteiger partial charge < -0.3 is 0 Å². The number of aliphatic imine (C=N–C) groups is 1. The molecule has 0 rings (SSSR count). The van der Waals surface area contributed by atoms with Gasteiger partial charge in [0.1, 0.15) is 5.16 Å². The second-order valence-corrected chi connectivity index (χ2v) is 2.08. The van der Waals surface area contributed by atoms with Gasteiger partial charge in [-0.2, -0.15) is 0 Å². The largest absolute Gasteiger partial charge is 0.245 e. The summed E-state index contributed by atoms with van der Waals surface area (Å²) < 4.78 is 0. The molecule has 0 N–H and O–H groups in total. The van der Waals surface area contributed by atoms with Crippen molar-refractivity contribution in [2.24, 2.45) is 4.99 Å². The van der Waals surface area contributed by atoms with Gasteiger partial charge in [-0.1, -0.05) is 31.7 Å². The van der Waals surface area contributed by atoms with Crippen LogP contribution in [0.4, 0.5) is 0 Å². The van der Waals surface area contributed by atoms with E-state index in [1.54, 1.807) is 6.21 Å². The van der Waals surface area contributed by atoms with Gasteiger partial charge in [0.15, 0.2) is 0 Å². The van der Waals surface area contributed by atoms with Crippen LogP contribution in [-0.4, -0.2) is 6.21 Å². The molecule has 0 bridgehead atoms. The number of halogens is 1. The molecule has 0 atom stereocenters. The number of hydrogen-bond donors (Lipinski definition) is 0. The Balaban J connectivity index is 3.71. The molecule has 0 unspecified atom stereocenters. The summed E-state index contributed by atoms with van der Waals surface area (Å²) in [7, 11) is 0. The third-order valence-corrected chi connectivity index (χ3v) is 0.939. The minimum absolute atomic E-state index is 0.296. The molecular weight excluding hydrogens is 134 g/mol. The van der Waals surface area contributed by atoms with Gasteiger partial charge in [-0.25, -0.2) is 4.99 Å². The van der Waals surface area contributed by atoms with Crippen molar-refractivity contribution in [2.45, 2.75) is 13.3 Å². The Morgan fingerprint density at radius 3 is 2.56 bits per heavy atom. The van der Waals surface area contributed by atoms with Gasteiger partial charge in [-0.05, 0) is 12.0 Å². The highest BCUT2D eigenvalue weighted by Gasteiger charge is 1.81. The third-order valence-electron chi connectivity index (χ3n) is 0.841. The zero-order chi connectivity index (χ0) is 7.28. The second kappa shape index (κ2) is 4.33. The van der Waals surface area contributed by atoms with Gasteiger partial charge in [-0.15, -0.1) is 0 Å². The summed E-state index contributed by atoms with van der Waals surface area (Å²) in [6.07, 6.45) is 2.52. The van der Waals surface area contributed by atoms with Crippen molar-refractivity contribution in [3.8, 4) is 0 Å². The normalized spacial score (nSPS) is 10.0. The first-order valence-electron chi connectivity index (χ1n) is 2.73. The fourth-order valence-corrected chi connectivity index (χ4v) is 0.301. The summed E-state index contributed by atoms with van der Waals surface area (Å²) in [4.78, 5) is 3.74. The standard InChI is InChI=1S/C7H10ClN/c1-4-6(2)5-9-7(3)8/h5H,2-4H2,1H3/b9-5-. The molecule has 0 aromatic rings. The van der Waals surface area contributed by atoms with Crippen molar-refractivity contribution in [3.63, 3.8) is 0 Å². The molecule has 0 radical (unpaired) electrons. The fourth-order valence-electron chi connectivity index (χ4n) is 0.253. The molecule has 0 aliphatic carbocycles. The quantitative estimate of drug-likeness (QED) is 0.426. The van der Waals surface area contributed by atoms with Gasteiger partial charge in [0, 0.05) is 6.21 Å². The zero-order valence-corrected chi connectivity index (χ0v) is 6.28. The van der Waals surface area contributed by atoms with Gasteiger partial charge in [-0.3, -0.25) is 0 Å². The van der Waals surface area contributed by atoms with E-state index in [9.17, 15) is 0 Å². The molecule has 0 saturated heterocycles. The van der Waals surface area contributed by atoms with Crippen LogP contribution in [0.2, 0.25) is 0 Å². The summed E-state index contributed by atoms with van der Waals surface area (Å²) in [6, 6.07) is 0. The SMILES string of the molecule is C=C(/C=N\C(=C)Cl)CC. The molecule has 0 aromatic heterocycles. The van der Waals surface area contributed by atoms with E-state index in [0.717, 1.165) is 12.0 Å². The topological polar surface area (TPSA) is 12.4 Å². The Hall–Kier alpha value is -0.560. The smallest absolute Gasteiger partial charge is 0.121 e. The molecule has 0 fully saturated rings.